The second-order valence-corrected chi connectivity index (χ2v) is 11.0. The highest BCUT2D eigenvalue weighted by Crippen LogP contribution is 2.33. The molecule has 0 spiro atoms. The van der Waals surface area contributed by atoms with E-state index in [4.69, 9.17) is 4.98 Å². The smallest absolute Gasteiger partial charge is 0.273 e. The van der Waals surface area contributed by atoms with Crippen LogP contribution in [0.15, 0.2) is 22.0 Å². The van der Waals surface area contributed by atoms with Gasteiger partial charge in [-0.25, -0.2) is 23.4 Å². The van der Waals surface area contributed by atoms with Crippen molar-refractivity contribution in [3.8, 4) is 0 Å². The third-order valence-electron chi connectivity index (χ3n) is 5.93. The monoisotopic (exact) mass is 449 g/mol. The molecule has 2 aliphatic heterocycles. The average Bonchev–Trinajstić information content (AvgIpc) is 3.27. The van der Waals surface area contributed by atoms with Crippen LogP contribution >= 0.6 is 11.3 Å². The number of nitrogens with zero attached hydrogens (tertiary/aromatic N) is 5. The summed E-state index contributed by atoms with van der Waals surface area (Å²) in [6.45, 7) is 5.11. The molecule has 0 bridgehead atoms. The first-order valence-electron chi connectivity index (χ1n) is 10.3. The summed E-state index contributed by atoms with van der Waals surface area (Å²) in [7, 11) is -3.44. The van der Waals surface area contributed by atoms with Crippen LogP contribution in [-0.2, 0) is 9.84 Å². The molecule has 30 heavy (non-hydrogen) atoms. The van der Waals surface area contributed by atoms with E-state index in [0.717, 1.165) is 19.5 Å². The zero-order chi connectivity index (χ0) is 21.3. The number of thiazole rings is 1. The van der Waals surface area contributed by atoms with Gasteiger partial charge in [0, 0.05) is 43.7 Å². The van der Waals surface area contributed by atoms with Crippen LogP contribution in [0.5, 0.6) is 0 Å². The Bertz CT molecular complexity index is 1000. The molecule has 1 unspecified atom stereocenters. The maximum absolute atomic E-state index is 12.6. The SMILES string of the molecule is CC1CCCN(c2ncc(S(C)(=O)=O)c(C3CCN(C(=O)c4cscn4)CC3)n2)C1. The molecule has 2 aliphatic rings. The number of sulfone groups is 1. The second kappa shape index (κ2) is 8.58. The number of carbonyl (C=O) groups is 1. The first-order chi connectivity index (χ1) is 14.3. The molecule has 0 aliphatic carbocycles. The Hall–Kier alpha value is -2.07. The van der Waals surface area contributed by atoms with Gasteiger partial charge in [0.1, 0.15) is 10.6 Å². The van der Waals surface area contributed by atoms with Crippen LogP contribution in [0.25, 0.3) is 0 Å². The normalized spacial score (nSPS) is 21.1. The summed E-state index contributed by atoms with van der Waals surface area (Å²) in [4.78, 5) is 30.0. The van der Waals surface area contributed by atoms with Gasteiger partial charge >= 0.3 is 0 Å². The summed E-state index contributed by atoms with van der Waals surface area (Å²) in [5.74, 6) is 1.10. The van der Waals surface area contributed by atoms with Crippen molar-refractivity contribution >= 4 is 33.0 Å². The van der Waals surface area contributed by atoms with Crippen LogP contribution < -0.4 is 4.90 Å². The predicted molar refractivity (Wildman–Crippen MR) is 116 cm³/mol. The fourth-order valence-corrected chi connectivity index (χ4v) is 5.67. The standard InChI is InChI=1S/C20H27N5O3S2/c1-14-4-3-7-25(11-14)20-21-10-17(30(2,27)28)18(23-20)15-5-8-24(9-6-15)19(26)16-12-29-13-22-16/h10,12-15H,3-9,11H2,1-2H3. The molecule has 2 fully saturated rings. The van der Waals surface area contributed by atoms with Gasteiger partial charge in [0.05, 0.1) is 17.4 Å². The number of piperidine rings is 2. The Morgan fingerprint density at radius 1 is 1.17 bits per heavy atom. The van der Waals surface area contributed by atoms with E-state index in [1.807, 2.05) is 0 Å². The molecule has 1 atom stereocenters. The van der Waals surface area contributed by atoms with E-state index in [1.54, 1.807) is 15.8 Å². The molecule has 4 heterocycles. The van der Waals surface area contributed by atoms with Crippen molar-refractivity contribution in [1.82, 2.24) is 19.9 Å². The third kappa shape index (κ3) is 4.49. The molecule has 4 rings (SSSR count). The molecule has 8 nitrogen and oxygen atoms in total. The van der Waals surface area contributed by atoms with Gasteiger partial charge in [-0.2, -0.15) is 0 Å². The van der Waals surface area contributed by atoms with Gasteiger partial charge < -0.3 is 9.80 Å². The number of hydrogen-bond donors (Lipinski definition) is 0. The number of amides is 1. The molecule has 2 aromatic rings. The summed E-state index contributed by atoms with van der Waals surface area (Å²) >= 11 is 1.40. The largest absolute Gasteiger partial charge is 0.341 e. The summed E-state index contributed by atoms with van der Waals surface area (Å²) < 4.78 is 24.8. The summed E-state index contributed by atoms with van der Waals surface area (Å²) in [5, 5.41) is 1.76. The molecule has 2 saturated heterocycles. The van der Waals surface area contributed by atoms with Gasteiger partial charge in [-0.15, -0.1) is 11.3 Å². The van der Waals surface area contributed by atoms with E-state index < -0.39 is 9.84 Å². The number of likely N-dealkylation sites (tertiary alicyclic amines) is 1. The maximum atomic E-state index is 12.6. The molecule has 0 N–H and O–H groups in total. The number of rotatable bonds is 4. The number of anilines is 1. The summed E-state index contributed by atoms with van der Waals surface area (Å²) in [6, 6.07) is 0. The molecular formula is C20H27N5O3S2. The highest BCUT2D eigenvalue weighted by Gasteiger charge is 2.31. The lowest BCUT2D eigenvalue weighted by Crippen LogP contribution is -2.39. The fraction of sp³-hybridized carbons (Fsp3) is 0.600. The van der Waals surface area contributed by atoms with Crippen LogP contribution in [0.4, 0.5) is 5.95 Å². The molecule has 10 heteroatoms. The predicted octanol–water partition coefficient (Wildman–Crippen LogP) is 2.59. The number of carbonyl (C=O) groups excluding carboxylic acids is 1. The topological polar surface area (TPSA) is 96.4 Å². The Labute approximate surface area is 181 Å². The number of hydrogen-bond acceptors (Lipinski definition) is 8. The quantitative estimate of drug-likeness (QED) is 0.708. The van der Waals surface area contributed by atoms with Crippen molar-refractivity contribution in [2.45, 2.75) is 43.4 Å². The first kappa shape index (κ1) is 21.2. The minimum Gasteiger partial charge on any atom is -0.341 e. The maximum Gasteiger partial charge on any atom is 0.273 e. The van der Waals surface area contributed by atoms with E-state index >= 15 is 0 Å². The lowest BCUT2D eigenvalue weighted by atomic mass is 9.93. The molecule has 2 aromatic heterocycles. The Balaban J connectivity index is 1.56. The van der Waals surface area contributed by atoms with E-state index in [1.165, 1.54) is 30.2 Å². The first-order valence-corrected chi connectivity index (χ1v) is 13.2. The summed E-state index contributed by atoms with van der Waals surface area (Å²) in [6.07, 6.45) is 6.30. The Kier molecular flexibility index (Phi) is 6.06. The molecule has 0 radical (unpaired) electrons. The molecular weight excluding hydrogens is 422 g/mol. The van der Waals surface area contributed by atoms with E-state index in [-0.39, 0.29) is 16.7 Å². The minimum atomic E-state index is -3.44. The van der Waals surface area contributed by atoms with E-state index in [2.05, 4.69) is 21.8 Å². The van der Waals surface area contributed by atoms with Crippen molar-refractivity contribution in [3.63, 3.8) is 0 Å². The lowest BCUT2D eigenvalue weighted by Gasteiger charge is -2.33. The van der Waals surface area contributed by atoms with Gasteiger partial charge in [-0.3, -0.25) is 4.79 Å². The second-order valence-electron chi connectivity index (χ2n) is 8.33. The van der Waals surface area contributed by atoms with Crippen LogP contribution in [0, 0.1) is 5.92 Å². The Morgan fingerprint density at radius 2 is 1.93 bits per heavy atom. The van der Waals surface area contributed by atoms with Crippen molar-refractivity contribution in [2.24, 2.45) is 5.92 Å². The van der Waals surface area contributed by atoms with Gasteiger partial charge in [0.2, 0.25) is 5.95 Å². The van der Waals surface area contributed by atoms with Gasteiger partial charge in [-0.1, -0.05) is 6.92 Å². The molecule has 162 valence electrons. The zero-order valence-corrected chi connectivity index (χ0v) is 19.0. The highest BCUT2D eigenvalue weighted by atomic mass is 32.2. The van der Waals surface area contributed by atoms with Gasteiger partial charge in [0.15, 0.2) is 9.84 Å². The van der Waals surface area contributed by atoms with Crippen molar-refractivity contribution in [2.75, 3.05) is 37.3 Å². The van der Waals surface area contributed by atoms with E-state index in [0.29, 0.717) is 49.2 Å². The van der Waals surface area contributed by atoms with Crippen LogP contribution in [0.3, 0.4) is 0 Å². The minimum absolute atomic E-state index is 0.0156. The van der Waals surface area contributed by atoms with Crippen molar-refractivity contribution < 1.29 is 13.2 Å². The highest BCUT2D eigenvalue weighted by molar-refractivity contribution is 7.90. The zero-order valence-electron chi connectivity index (χ0n) is 17.3. The van der Waals surface area contributed by atoms with E-state index in [9.17, 15) is 13.2 Å². The molecule has 0 saturated carbocycles. The van der Waals surface area contributed by atoms with Crippen LogP contribution in [0.1, 0.15) is 54.7 Å². The fourth-order valence-electron chi connectivity index (χ4n) is 4.31. The molecule has 0 aromatic carbocycles. The van der Waals surface area contributed by atoms with Gasteiger partial charge in [-0.05, 0) is 31.6 Å². The Morgan fingerprint density at radius 3 is 2.57 bits per heavy atom. The van der Waals surface area contributed by atoms with Gasteiger partial charge in [0.25, 0.3) is 5.91 Å². The van der Waals surface area contributed by atoms with Crippen LogP contribution in [0.2, 0.25) is 0 Å². The third-order valence-corrected chi connectivity index (χ3v) is 7.63. The lowest BCUT2D eigenvalue weighted by molar-refractivity contribution is 0.0706. The molecule has 1 amide bonds. The van der Waals surface area contributed by atoms with Crippen molar-refractivity contribution in [1.29, 1.82) is 0 Å². The average molecular weight is 450 g/mol. The number of aromatic nitrogens is 3. The summed E-state index contributed by atoms with van der Waals surface area (Å²) in [5.41, 5.74) is 2.72. The van der Waals surface area contributed by atoms with Crippen molar-refractivity contribution in [3.05, 3.63) is 28.5 Å². The van der Waals surface area contributed by atoms with Crippen LogP contribution in [-0.4, -0.2) is 66.6 Å².